The van der Waals surface area contributed by atoms with Gasteiger partial charge in [0.15, 0.2) is 0 Å². The number of pyridine rings is 3. The van der Waals surface area contributed by atoms with Gasteiger partial charge >= 0.3 is 0 Å². The van der Waals surface area contributed by atoms with Crippen LogP contribution in [0.2, 0.25) is 0 Å². The molecule has 7 heteroatoms. The van der Waals surface area contributed by atoms with Crippen LogP contribution >= 0.6 is 0 Å². The SMILES string of the molecule is N#Cc1cnn2cc(-c3ccccc3)cc(-c3ccc(N4CCN(CCc5ccccn5)CC4)nc3)c12. The second kappa shape index (κ2) is 10.2. The van der Waals surface area contributed by atoms with Gasteiger partial charge in [-0.15, -0.1) is 0 Å². The van der Waals surface area contributed by atoms with Crippen molar-refractivity contribution in [2.45, 2.75) is 6.42 Å². The van der Waals surface area contributed by atoms with Crippen LogP contribution in [0.15, 0.2) is 91.5 Å². The van der Waals surface area contributed by atoms with Crippen LogP contribution in [-0.2, 0) is 6.42 Å². The lowest BCUT2D eigenvalue weighted by Crippen LogP contribution is -2.47. The number of hydrogen-bond acceptors (Lipinski definition) is 6. The molecule has 7 nitrogen and oxygen atoms in total. The molecule has 1 aliphatic rings. The standard InChI is InChI=1S/C30H27N7/c31-19-26-21-34-37-22-25(23-6-2-1-3-7-23)18-28(30(26)37)24-9-10-29(33-20-24)36-16-14-35(15-17-36)13-11-27-8-4-5-12-32-27/h1-10,12,18,20-22H,11,13-17H2. The fourth-order valence-corrected chi connectivity index (χ4v) is 4.96. The van der Waals surface area contributed by atoms with Crippen LogP contribution in [0.4, 0.5) is 5.82 Å². The molecular weight excluding hydrogens is 458 g/mol. The van der Waals surface area contributed by atoms with E-state index >= 15 is 0 Å². The van der Waals surface area contributed by atoms with Crippen LogP contribution in [0.5, 0.6) is 0 Å². The van der Waals surface area contributed by atoms with Gasteiger partial charge in [-0.2, -0.15) is 10.4 Å². The summed E-state index contributed by atoms with van der Waals surface area (Å²) in [4.78, 5) is 14.1. The molecule has 0 atom stereocenters. The van der Waals surface area contributed by atoms with E-state index < -0.39 is 0 Å². The Morgan fingerprint density at radius 3 is 2.38 bits per heavy atom. The van der Waals surface area contributed by atoms with Crippen molar-refractivity contribution < 1.29 is 0 Å². The van der Waals surface area contributed by atoms with E-state index in [-0.39, 0.29) is 0 Å². The largest absolute Gasteiger partial charge is 0.354 e. The van der Waals surface area contributed by atoms with Gasteiger partial charge in [0.05, 0.1) is 17.3 Å². The van der Waals surface area contributed by atoms with E-state index in [1.807, 2.05) is 48.9 Å². The summed E-state index contributed by atoms with van der Waals surface area (Å²) in [5.74, 6) is 0.984. The summed E-state index contributed by atoms with van der Waals surface area (Å²) >= 11 is 0. The van der Waals surface area contributed by atoms with E-state index in [1.165, 1.54) is 0 Å². The van der Waals surface area contributed by atoms with E-state index in [4.69, 9.17) is 4.98 Å². The summed E-state index contributed by atoms with van der Waals surface area (Å²) in [6, 6.07) is 24.9. The van der Waals surface area contributed by atoms with Crippen LogP contribution in [-0.4, -0.2) is 57.2 Å². The van der Waals surface area contributed by atoms with Crippen LogP contribution < -0.4 is 4.90 Å². The first-order valence-electron chi connectivity index (χ1n) is 12.6. The second-order valence-corrected chi connectivity index (χ2v) is 9.28. The highest BCUT2D eigenvalue weighted by molar-refractivity contribution is 5.87. The van der Waals surface area contributed by atoms with Crippen LogP contribution in [0.1, 0.15) is 11.3 Å². The second-order valence-electron chi connectivity index (χ2n) is 9.28. The number of nitrogens with zero attached hydrogens (tertiary/aromatic N) is 7. The third-order valence-corrected chi connectivity index (χ3v) is 7.00. The molecule has 37 heavy (non-hydrogen) atoms. The molecule has 5 heterocycles. The lowest BCUT2D eigenvalue weighted by atomic mass is 10.00. The maximum Gasteiger partial charge on any atom is 0.128 e. The van der Waals surface area contributed by atoms with Crippen molar-refractivity contribution in [3.8, 4) is 28.3 Å². The fourth-order valence-electron chi connectivity index (χ4n) is 4.96. The Morgan fingerprint density at radius 1 is 0.811 bits per heavy atom. The molecule has 5 aromatic rings. The summed E-state index contributed by atoms with van der Waals surface area (Å²) < 4.78 is 1.80. The van der Waals surface area contributed by atoms with Crippen molar-refractivity contribution in [1.29, 1.82) is 5.26 Å². The molecule has 0 amide bonds. The van der Waals surface area contributed by atoms with Gasteiger partial charge in [0.25, 0.3) is 0 Å². The molecule has 1 aromatic carbocycles. The molecule has 0 N–H and O–H groups in total. The average molecular weight is 486 g/mol. The summed E-state index contributed by atoms with van der Waals surface area (Å²) in [6.07, 6.45) is 8.36. The fraction of sp³-hybridized carbons (Fsp3) is 0.200. The molecule has 4 aromatic heterocycles. The van der Waals surface area contributed by atoms with Gasteiger partial charge < -0.3 is 4.90 Å². The van der Waals surface area contributed by atoms with Crippen molar-refractivity contribution in [3.05, 3.63) is 103 Å². The number of hydrogen-bond donors (Lipinski definition) is 0. The highest BCUT2D eigenvalue weighted by atomic mass is 15.3. The number of benzene rings is 1. The first-order chi connectivity index (χ1) is 18.3. The molecule has 182 valence electrons. The Kier molecular flexibility index (Phi) is 6.32. The molecule has 1 aliphatic heterocycles. The Morgan fingerprint density at radius 2 is 1.65 bits per heavy atom. The molecule has 6 rings (SSSR count). The van der Waals surface area contributed by atoms with Crippen LogP contribution in [0.25, 0.3) is 27.8 Å². The number of nitriles is 1. The van der Waals surface area contributed by atoms with Gasteiger partial charge in [0.2, 0.25) is 0 Å². The first-order valence-corrected chi connectivity index (χ1v) is 12.6. The molecule has 0 aliphatic carbocycles. The van der Waals surface area contributed by atoms with Crippen LogP contribution in [0.3, 0.4) is 0 Å². The molecule has 0 saturated carbocycles. The number of fused-ring (bicyclic) bond motifs is 1. The minimum Gasteiger partial charge on any atom is -0.354 e. The zero-order valence-corrected chi connectivity index (χ0v) is 20.5. The predicted molar refractivity (Wildman–Crippen MR) is 145 cm³/mol. The summed E-state index contributed by atoms with van der Waals surface area (Å²) in [7, 11) is 0. The van der Waals surface area contributed by atoms with Crippen LogP contribution in [0, 0.1) is 11.3 Å². The minimum atomic E-state index is 0.556. The molecule has 0 spiro atoms. The Hall–Kier alpha value is -4.54. The summed E-state index contributed by atoms with van der Waals surface area (Å²) in [6.45, 7) is 4.94. The molecular formula is C30H27N7. The van der Waals surface area contributed by atoms with E-state index in [2.05, 4.69) is 62.3 Å². The van der Waals surface area contributed by atoms with Crippen molar-refractivity contribution >= 4 is 11.3 Å². The molecule has 1 saturated heterocycles. The maximum atomic E-state index is 9.69. The smallest absolute Gasteiger partial charge is 0.128 e. The van der Waals surface area contributed by atoms with Gasteiger partial charge in [0.1, 0.15) is 11.9 Å². The molecule has 0 bridgehead atoms. The topological polar surface area (TPSA) is 73.4 Å². The van der Waals surface area contributed by atoms with E-state index in [0.717, 1.165) is 78.4 Å². The number of rotatable bonds is 6. The highest BCUT2D eigenvalue weighted by Gasteiger charge is 2.19. The van der Waals surface area contributed by atoms with E-state index in [0.29, 0.717) is 5.56 Å². The zero-order valence-electron chi connectivity index (χ0n) is 20.5. The lowest BCUT2D eigenvalue weighted by molar-refractivity contribution is 0.259. The summed E-state index contributed by atoms with van der Waals surface area (Å²) in [5.41, 5.74) is 6.57. The lowest BCUT2D eigenvalue weighted by Gasteiger charge is -2.35. The maximum absolute atomic E-state index is 9.69. The number of piperazine rings is 1. The average Bonchev–Trinajstić information content (AvgIpc) is 3.40. The Balaban J connectivity index is 1.21. The quantitative estimate of drug-likeness (QED) is 0.347. The predicted octanol–water partition coefficient (Wildman–Crippen LogP) is 4.69. The number of anilines is 1. The normalized spacial score (nSPS) is 14.1. The van der Waals surface area contributed by atoms with E-state index in [1.54, 1.807) is 10.7 Å². The van der Waals surface area contributed by atoms with Crippen molar-refractivity contribution in [2.24, 2.45) is 0 Å². The van der Waals surface area contributed by atoms with Crippen molar-refractivity contribution in [2.75, 3.05) is 37.6 Å². The third kappa shape index (κ3) is 4.80. The van der Waals surface area contributed by atoms with Gasteiger partial charge in [-0.1, -0.05) is 36.4 Å². The van der Waals surface area contributed by atoms with E-state index in [9.17, 15) is 5.26 Å². The van der Waals surface area contributed by atoms with Crippen molar-refractivity contribution in [1.82, 2.24) is 24.5 Å². The third-order valence-electron chi connectivity index (χ3n) is 7.00. The Labute approximate surface area is 216 Å². The van der Waals surface area contributed by atoms with Gasteiger partial charge in [-0.05, 0) is 35.9 Å². The monoisotopic (exact) mass is 485 g/mol. The van der Waals surface area contributed by atoms with Gasteiger partial charge in [-0.25, -0.2) is 9.50 Å². The Bertz CT molecular complexity index is 1530. The zero-order chi connectivity index (χ0) is 25.0. The summed E-state index contributed by atoms with van der Waals surface area (Å²) in [5, 5.41) is 14.1. The molecule has 0 radical (unpaired) electrons. The number of aromatic nitrogens is 4. The van der Waals surface area contributed by atoms with Crippen molar-refractivity contribution in [3.63, 3.8) is 0 Å². The first kappa shape index (κ1) is 22.9. The molecule has 1 fully saturated rings. The van der Waals surface area contributed by atoms with Gasteiger partial charge in [-0.3, -0.25) is 9.88 Å². The minimum absolute atomic E-state index is 0.556. The highest BCUT2D eigenvalue weighted by Crippen LogP contribution is 2.32. The van der Waals surface area contributed by atoms with Gasteiger partial charge in [0, 0.05) is 80.1 Å². The molecule has 0 unspecified atom stereocenters.